The summed E-state index contributed by atoms with van der Waals surface area (Å²) < 4.78 is 116. The molecule has 0 aliphatic heterocycles. The van der Waals surface area contributed by atoms with E-state index in [-0.39, 0.29) is 34.4 Å². The Morgan fingerprint density at radius 3 is 2.15 bits per heavy atom. The maximum absolute atomic E-state index is 14.2. The van der Waals surface area contributed by atoms with Gasteiger partial charge in [-0.3, -0.25) is 4.79 Å². The molecule has 0 unspecified atom stereocenters. The molecule has 1 aromatic carbocycles. The van der Waals surface area contributed by atoms with Gasteiger partial charge in [0.25, 0.3) is 5.60 Å². The predicted molar refractivity (Wildman–Crippen MR) is 104 cm³/mol. The lowest BCUT2D eigenvalue weighted by atomic mass is 9.92. The van der Waals surface area contributed by atoms with Crippen LogP contribution in [0.4, 0.5) is 36.4 Å². The van der Waals surface area contributed by atoms with E-state index in [1.807, 2.05) is 5.32 Å². The molecule has 34 heavy (non-hydrogen) atoms. The van der Waals surface area contributed by atoms with Gasteiger partial charge in [-0.15, -0.1) is 0 Å². The first-order chi connectivity index (χ1) is 15.5. The highest BCUT2D eigenvalue weighted by Crippen LogP contribution is 2.50. The smallest absolute Gasteiger partial charge is 0.369 e. The Balaban J connectivity index is 1.72. The van der Waals surface area contributed by atoms with E-state index in [0.717, 1.165) is 19.0 Å². The summed E-state index contributed by atoms with van der Waals surface area (Å²) in [4.78, 5) is 15.9. The van der Waals surface area contributed by atoms with Crippen LogP contribution in [-0.4, -0.2) is 42.5 Å². The standard InChI is InChI=1S/C20H17F7N2O4S/c21-14-8-13(18(31,19(22,23)24)20(25,26)27)4-5-15(14)29-16(30)7-12-3-6-17(28-9-12)34(32,33)10-11-1-2-11/h3-6,8-9,11,31H,1-2,7,10H2,(H,29,30). The van der Waals surface area contributed by atoms with Crippen LogP contribution < -0.4 is 5.32 Å². The maximum atomic E-state index is 14.2. The number of anilines is 1. The zero-order valence-electron chi connectivity index (χ0n) is 17.0. The average Bonchev–Trinajstić information content (AvgIpc) is 3.51. The van der Waals surface area contributed by atoms with Crippen molar-refractivity contribution in [2.45, 2.75) is 42.2 Å². The van der Waals surface area contributed by atoms with E-state index in [4.69, 9.17) is 0 Å². The molecule has 0 spiro atoms. The molecule has 14 heteroatoms. The Morgan fingerprint density at radius 2 is 1.68 bits per heavy atom. The minimum atomic E-state index is -6.19. The summed E-state index contributed by atoms with van der Waals surface area (Å²) >= 11 is 0. The van der Waals surface area contributed by atoms with Gasteiger partial charge in [0.15, 0.2) is 14.9 Å². The van der Waals surface area contributed by atoms with Gasteiger partial charge in [-0.2, -0.15) is 26.3 Å². The fraction of sp³-hybridized carbons (Fsp3) is 0.400. The third-order valence-corrected chi connectivity index (χ3v) is 6.90. The van der Waals surface area contributed by atoms with Gasteiger partial charge in [0.1, 0.15) is 5.82 Å². The van der Waals surface area contributed by atoms with Crippen molar-refractivity contribution in [3.8, 4) is 0 Å². The van der Waals surface area contributed by atoms with Crippen molar-refractivity contribution in [3.05, 3.63) is 53.5 Å². The van der Waals surface area contributed by atoms with Crippen LogP contribution in [-0.2, 0) is 26.7 Å². The second-order valence-corrected chi connectivity index (χ2v) is 9.84. The molecule has 1 amide bonds. The summed E-state index contributed by atoms with van der Waals surface area (Å²) in [6.45, 7) is 0. The summed E-state index contributed by atoms with van der Waals surface area (Å²) in [6.07, 6.45) is -10.1. The van der Waals surface area contributed by atoms with Crippen LogP contribution in [0.3, 0.4) is 0 Å². The van der Waals surface area contributed by atoms with E-state index >= 15 is 0 Å². The molecule has 1 aromatic heterocycles. The third kappa shape index (κ3) is 5.32. The van der Waals surface area contributed by atoms with Gasteiger partial charge in [-0.25, -0.2) is 17.8 Å². The lowest BCUT2D eigenvalue weighted by molar-refractivity contribution is -0.376. The number of aromatic nitrogens is 1. The first-order valence-corrected chi connectivity index (χ1v) is 11.3. The maximum Gasteiger partial charge on any atom is 0.430 e. The van der Waals surface area contributed by atoms with Gasteiger partial charge in [0.05, 0.1) is 17.9 Å². The molecule has 6 nitrogen and oxygen atoms in total. The number of sulfone groups is 1. The van der Waals surface area contributed by atoms with Crippen molar-refractivity contribution in [3.63, 3.8) is 0 Å². The van der Waals surface area contributed by atoms with Crippen molar-refractivity contribution in [2.24, 2.45) is 5.92 Å². The first kappa shape index (κ1) is 25.9. The highest BCUT2D eigenvalue weighted by Gasteiger charge is 2.71. The number of carbonyl (C=O) groups excluding carboxylic acids is 1. The van der Waals surface area contributed by atoms with E-state index in [1.54, 1.807) is 0 Å². The number of nitrogens with one attached hydrogen (secondary N) is 1. The number of hydrogen-bond acceptors (Lipinski definition) is 5. The minimum absolute atomic E-state index is 0.0348. The van der Waals surface area contributed by atoms with Crippen molar-refractivity contribution in [1.82, 2.24) is 4.98 Å². The Hall–Kier alpha value is -2.74. The monoisotopic (exact) mass is 514 g/mol. The predicted octanol–water partition coefficient (Wildman–Crippen LogP) is 3.90. The Bertz CT molecular complexity index is 1160. The number of aliphatic hydroxyl groups is 1. The SMILES string of the molecule is O=C(Cc1ccc(S(=O)(=O)CC2CC2)nc1)Nc1ccc(C(O)(C(F)(F)F)C(F)(F)F)cc1F. The van der Waals surface area contributed by atoms with Crippen LogP contribution >= 0.6 is 0 Å². The van der Waals surface area contributed by atoms with Gasteiger partial charge >= 0.3 is 12.4 Å². The van der Waals surface area contributed by atoms with E-state index in [2.05, 4.69) is 4.98 Å². The molecule has 2 aromatic rings. The summed E-state index contributed by atoms with van der Waals surface area (Å²) in [5.41, 5.74) is -7.62. The topological polar surface area (TPSA) is 96.4 Å². The van der Waals surface area contributed by atoms with Gasteiger partial charge in [-0.1, -0.05) is 12.1 Å². The normalized spacial score (nSPS) is 15.3. The number of hydrogen-bond donors (Lipinski definition) is 2. The molecule has 186 valence electrons. The molecule has 1 aliphatic rings. The van der Waals surface area contributed by atoms with Gasteiger partial charge < -0.3 is 10.4 Å². The van der Waals surface area contributed by atoms with Gasteiger partial charge in [0.2, 0.25) is 5.91 Å². The van der Waals surface area contributed by atoms with Crippen LogP contribution in [0.25, 0.3) is 0 Å². The highest BCUT2D eigenvalue weighted by molar-refractivity contribution is 7.91. The number of nitrogens with zero attached hydrogens (tertiary/aromatic N) is 1. The summed E-state index contributed by atoms with van der Waals surface area (Å²) in [5.74, 6) is -2.48. The van der Waals surface area contributed by atoms with Crippen LogP contribution in [0.1, 0.15) is 24.0 Å². The van der Waals surface area contributed by atoms with Crippen molar-refractivity contribution in [2.75, 3.05) is 11.1 Å². The Labute approximate surface area is 188 Å². The summed E-state index contributed by atoms with van der Waals surface area (Å²) in [7, 11) is -3.58. The molecule has 2 N–H and O–H groups in total. The fourth-order valence-electron chi connectivity index (χ4n) is 3.09. The first-order valence-electron chi connectivity index (χ1n) is 9.68. The van der Waals surface area contributed by atoms with E-state index in [9.17, 15) is 49.1 Å². The lowest BCUT2D eigenvalue weighted by Gasteiger charge is -2.32. The molecule has 0 saturated heterocycles. The fourth-order valence-corrected chi connectivity index (χ4v) is 4.70. The zero-order valence-corrected chi connectivity index (χ0v) is 17.9. The van der Waals surface area contributed by atoms with Crippen LogP contribution in [0, 0.1) is 11.7 Å². The van der Waals surface area contributed by atoms with Crippen molar-refractivity contribution in [1.29, 1.82) is 0 Å². The quantitative estimate of drug-likeness (QED) is 0.547. The van der Waals surface area contributed by atoms with Crippen molar-refractivity contribution < 1.29 is 49.1 Å². The Morgan fingerprint density at radius 1 is 1.06 bits per heavy atom. The molecule has 3 rings (SSSR count). The summed E-state index contributed by atoms with van der Waals surface area (Å²) in [6, 6.07) is 2.98. The molecular weight excluding hydrogens is 497 g/mol. The molecule has 0 radical (unpaired) electrons. The average molecular weight is 514 g/mol. The third-order valence-electron chi connectivity index (χ3n) is 5.11. The number of alkyl halides is 6. The van der Waals surface area contributed by atoms with E-state index < -0.39 is 57.2 Å². The number of carbonyl (C=O) groups is 1. The molecular formula is C20H17F7N2O4S. The largest absolute Gasteiger partial charge is 0.430 e. The number of halogens is 7. The number of amides is 1. The molecule has 0 atom stereocenters. The van der Waals surface area contributed by atoms with Crippen LogP contribution in [0.15, 0.2) is 41.6 Å². The number of benzene rings is 1. The van der Waals surface area contributed by atoms with Crippen LogP contribution in [0.5, 0.6) is 0 Å². The second kappa shape index (κ2) is 8.80. The zero-order chi connectivity index (χ0) is 25.5. The minimum Gasteiger partial charge on any atom is -0.369 e. The Kier molecular flexibility index (Phi) is 6.70. The van der Waals surface area contributed by atoms with Gasteiger partial charge in [-0.05, 0) is 42.5 Å². The number of pyridine rings is 1. The second-order valence-electron chi connectivity index (χ2n) is 7.85. The van der Waals surface area contributed by atoms with Crippen LogP contribution in [0.2, 0.25) is 0 Å². The molecule has 1 heterocycles. The molecule has 1 aliphatic carbocycles. The van der Waals surface area contributed by atoms with Crippen molar-refractivity contribution >= 4 is 21.4 Å². The summed E-state index contributed by atoms with van der Waals surface area (Å²) in [5, 5.41) is 11.1. The molecule has 0 bridgehead atoms. The van der Waals surface area contributed by atoms with E-state index in [0.29, 0.717) is 6.07 Å². The number of rotatable bonds is 7. The molecule has 1 fully saturated rings. The lowest BCUT2D eigenvalue weighted by Crippen LogP contribution is -2.54. The van der Waals surface area contributed by atoms with Gasteiger partial charge in [0, 0.05) is 11.8 Å². The highest BCUT2D eigenvalue weighted by atomic mass is 32.2. The molecule has 1 saturated carbocycles. The van der Waals surface area contributed by atoms with E-state index in [1.165, 1.54) is 12.1 Å².